The molecule has 112 valence electrons. The summed E-state index contributed by atoms with van der Waals surface area (Å²) >= 11 is 2.97. The molecule has 0 aliphatic carbocycles. The molecular formula is C13H11N5O2S2. The number of hydrogen-bond acceptors (Lipinski definition) is 9. The van der Waals surface area contributed by atoms with Gasteiger partial charge in [0.25, 0.3) is 0 Å². The van der Waals surface area contributed by atoms with E-state index in [-0.39, 0.29) is 12.2 Å². The van der Waals surface area contributed by atoms with Crippen LogP contribution in [0.5, 0.6) is 0 Å². The Labute approximate surface area is 134 Å². The summed E-state index contributed by atoms with van der Waals surface area (Å²) in [5, 5.41) is 14.5. The molecular weight excluding hydrogens is 322 g/mol. The van der Waals surface area contributed by atoms with Crippen molar-refractivity contribution < 1.29 is 9.53 Å². The van der Waals surface area contributed by atoms with Crippen LogP contribution in [0, 0.1) is 0 Å². The Balaban J connectivity index is 1.83. The lowest BCUT2D eigenvalue weighted by atomic mass is 10.3. The average molecular weight is 333 g/mol. The second-order valence-electron chi connectivity index (χ2n) is 4.02. The van der Waals surface area contributed by atoms with E-state index in [1.165, 1.54) is 23.9 Å². The molecule has 9 heteroatoms. The van der Waals surface area contributed by atoms with Crippen LogP contribution in [0.2, 0.25) is 0 Å². The quantitative estimate of drug-likeness (QED) is 0.718. The molecule has 3 rings (SSSR count). The highest BCUT2D eigenvalue weighted by Gasteiger charge is 2.16. The summed E-state index contributed by atoms with van der Waals surface area (Å²) in [6, 6.07) is 3.93. The van der Waals surface area contributed by atoms with Gasteiger partial charge >= 0.3 is 5.97 Å². The Morgan fingerprint density at radius 1 is 1.41 bits per heavy atom. The zero-order valence-electron chi connectivity index (χ0n) is 11.5. The number of hydrogen-bond donors (Lipinski definition) is 1. The minimum atomic E-state index is -0.478. The van der Waals surface area contributed by atoms with E-state index in [0.29, 0.717) is 10.9 Å². The van der Waals surface area contributed by atoms with Crippen molar-refractivity contribution >= 4 is 39.6 Å². The normalized spacial score (nSPS) is 10.4. The predicted octanol–water partition coefficient (Wildman–Crippen LogP) is 2.98. The largest absolute Gasteiger partial charge is 0.462 e. The SMILES string of the molecule is CCOC(=O)c1cncnc1Nc1nnc(-c2cccs2)s1. The summed E-state index contributed by atoms with van der Waals surface area (Å²) in [7, 11) is 0. The van der Waals surface area contributed by atoms with Crippen LogP contribution in [0.25, 0.3) is 9.88 Å². The highest BCUT2D eigenvalue weighted by atomic mass is 32.1. The first kappa shape index (κ1) is 14.5. The third-order valence-corrected chi connectivity index (χ3v) is 4.47. The van der Waals surface area contributed by atoms with Gasteiger partial charge in [0.05, 0.1) is 11.5 Å². The summed E-state index contributed by atoms with van der Waals surface area (Å²) in [6.45, 7) is 2.03. The van der Waals surface area contributed by atoms with Gasteiger partial charge < -0.3 is 10.1 Å². The number of carbonyl (C=O) groups is 1. The minimum absolute atomic E-state index is 0.261. The van der Waals surface area contributed by atoms with Crippen LogP contribution < -0.4 is 5.32 Å². The highest BCUT2D eigenvalue weighted by molar-refractivity contribution is 7.22. The highest BCUT2D eigenvalue weighted by Crippen LogP contribution is 2.31. The van der Waals surface area contributed by atoms with E-state index in [1.54, 1.807) is 18.3 Å². The molecule has 0 amide bonds. The maximum Gasteiger partial charge on any atom is 0.343 e. The second kappa shape index (κ2) is 6.58. The van der Waals surface area contributed by atoms with Gasteiger partial charge in [-0.3, -0.25) is 0 Å². The van der Waals surface area contributed by atoms with Crippen molar-refractivity contribution in [1.82, 2.24) is 20.2 Å². The lowest BCUT2D eigenvalue weighted by molar-refractivity contribution is 0.0526. The number of nitrogens with zero attached hydrogens (tertiary/aromatic N) is 4. The molecule has 3 aromatic rings. The molecule has 0 spiro atoms. The molecule has 0 saturated heterocycles. The standard InChI is InChI=1S/C13H11N5O2S2/c1-2-20-12(19)8-6-14-7-15-10(8)16-13-18-17-11(22-13)9-4-3-5-21-9/h3-7H,2H2,1H3,(H,14,15,16,18). The van der Waals surface area contributed by atoms with Crippen LogP contribution in [0.15, 0.2) is 30.0 Å². The predicted molar refractivity (Wildman–Crippen MR) is 84.5 cm³/mol. The molecule has 3 aromatic heterocycles. The number of aromatic nitrogens is 4. The van der Waals surface area contributed by atoms with Gasteiger partial charge in [-0.1, -0.05) is 17.4 Å². The van der Waals surface area contributed by atoms with Gasteiger partial charge in [-0.2, -0.15) is 0 Å². The van der Waals surface area contributed by atoms with Crippen LogP contribution in [0.4, 0.5) is 10.9 Å². The van der Waals surface area contributed by atoms with Gasteiger partial charge in [-0.25, -0.2) is 14.8 Å². The number of anilines is 2. The van der Waals surface area contributed by atoms with Crippen molar-refractivity contribution in [2.75, 3.05) is 11.9 Å². The Morgan fingerprint density at radius 3 is 3.09 bits per heavy atom. The van der Waals surface area contributed by atoms with Crippen molar-refractivity contribution in [3.8, 4) is 9.88 Å². The van der Waals surface area contributed by atoms with E-state index in [9.17, 15) is 4.79 Å². The smallest absolute Gasteiger partial charge is 0.343 e. The molecule has 0 fully saturated rings. The fraction of sp³-hybridized carbons (Fsp3) is 0.154. The molecule has 7 nitrogen and oxygen atoms in total. The molecule has 22 heavy (non-hydrogen) atoms. The third-order valence-electron chi connectivity index (χ3n) is 2.59. The number of thiophene rings is 1. The summed E-state index contributed by atoms with van der Waals surface area (Å²) in [4.78, 5) is 20.8. The van der Waals surface area contributed by atoms with E-state index in [2.05, 4.69) is 25.5 Å². The number of esters is 1. The molecule has 0 aromatic carbocycles. The van der Waals surface area contributed by atoms with Crippen molar-refractivity contribution in [2.24, 2.45) is 0 Å². The summed E-state index contributed by atoms with van der Waals surface area (Å²) in [5.41, 5.74) is 0.261. The molecule has 0 aliphatic heterocycles. The Bertz CT molecular complexity index is 772. The average Bonchev–Trinajstić information content (AvgIpc) is 3.19. The van der Waals surface area contributed by atoms with Crippen LogP contribution in [-0.4, -0.2) is 32.7 Å². The molecule has 0 radical (unpaired) electrons. The van der Waals surface area contributed by atoms with Gasteiger partial charge in [0.15, 0.2) is 5.01 Å². The summed E-state index contributed by atoms with van der Waals surface area (Å²) < 4.78 is 4.98. The first-order valence-electron chi connectivity index (χ1n) is 6.39. The van der Waals surface area contributed by atoms with Crippen molar-refractivity contribution in [3.05, 3.63) is 35.6 Å². The van der Waals surface area contributed by atoms with E-state index < -0.39 is 5.97 Å². The first-order valence-corrected chi connectivity index (χ1v) is 8.09. The van der Waals surface area contributed by atoms with Crippen LogP contribution in [-0.2, 0) is 4.74 Å². The Kier molecular flexibility index (Phi) is 4.35. The van der Waals surface area contributed by atoms with Crippen LogP contribution >= 0.6 is 22.7 Å². The molecule has 1 N–H and O–H groups in total. The number of rotatable bonds is 5. The monoisotopic (exact) mass is 333 g/mol. The van der Waals surface area contributed by atoms with Gasteiger partial charge in [0.1, 0.15) is 17.7 Å². The first-order chi connectivity index (χ1) is 10.8. The van der Waals surface area contributed by atoms with Crippen molar-refractivity contribution in [1.29, 1.82) is 0 Å². The van der Waals surface area contributed by atoms with E-state index >= 15 is 0 Å². The van der Waals surface area contributed by atoms with E-state index in [4.69, 9.17) is 4.74 Å². The molecule has 0 atom stereocenters. The van der Waals surface area contributed by atoms with Gasteiger partial charge in [-0.15, -0.1) is 21.5 Å². The molecule has 0 saturated carbocycles. The lowest BCUT2D eigenvalue weighted by Crippen LogP contribution is -2.09. The Morgan fingerprint density at radius 2 is 2.32 bits per heavy atom. The fourth-order valence-electron chi connectivity index (χ4n) is 1.66. The van der Waals surface area contributed by atoms with Gasteiger partial charge in [0, 0.05) is 6.20 Å². The third kappa shape index (κ3) is 3.10. The molecule has 0 unspecified atom stereocenters. The molecule has 0 aliphatic rings. The summed E-state index contributed by atoms with van der Waals surface area (Å²) in [5.74, 6) is -0.129. The maximum atomic E-state index is 11.9. The molecule has 0 bridgehead atoms. The number of carbonyl (C=O) groups excluding carboxylic acids is 1. The van der Waals surface area contributed by atoms with Crippen molar-refractivity contribution in [2.45, 2.75) is 6.92 Å². The van der Waals surface area contributed by atoms with E-state index in [0.717, 1.165) is 9.88 Å². The lowest BCUT2D eigenvalue weighted by Gasteiger charge is -2.06. The van der Waals surface area contributed by atoms with Gasteiger partial charge in [0.2, 0.25) is 5.13 Å². The second-order valence-corrected chi connectivity index (χ2v) is 5.95. The van der Waals surface area contributed by atoms with Crippen molar-refractivity contribution in [3.63, 3.8) is 0 Å². The van der Waals surface area contributed by atoms with Gasteiger partial charge in [-0.05, 0) is 18.4 Å². The fourth-order valence-corrected chi connectivity index (χ4v) is 3.20. The zero-order chi connectivity index (χ0) is 15.4. The Hall–Kier alpha value is -2.39. The maximum absolute atomic E-state index is 11.9. The zero-order valence-corrected chi connectivity index (χ0v) is 13.1. The van der Waals surface area contributed by atoms with Crippen LogP contribution in [0.1, 0.15) is 17.3 Å². The summed E-state index contributed by atoms with van der Waals surface area (Å²) in [6.07, 6.45) is 2.76. The number of ether oxygens (including phenoxy) is 1. The molecule has 3 heterocycles. The number of nitrogens with one attached hydrogen (secondary N) is 1. The van der Waals surface area contributed by atoms with E-state index in [1.807, 2.05) is 17.5 Å². The minimum Gasteiger partial charge on any atom is -0.462 e. The van der Waals surface area contributed by atoms with Crippen LogP contribution in [0.3, 0.4) is 0 Å². The topological polar surface area (TPSA) is 89.9 Å².